The third kappa shape index (κ3) is 9.24. The van der Waals surface area contributed by atoms with Gasteiger partial charge in [0.05, 0.1) is 0 Å². The Bertz CT molecular complexity index is 932. The van der Waals surface area contributed by atoms with E-state index in [0.29, 0.717) is 17.5 Å². The van der Waals surface area contributed by atoms with Gasteiger partial charge in [0.15, 0.2) is 0 Å². The monoisotopic (exact) mass is 517 g/mol. The summed E-state index contributed by atoms with van der Waals surface area (Å²) < 4.78 is 5.43. The van der Waals surface area contributed by atoms with Gasteiger partial charge in [-0.2, -0.15) is 0 Å². The summed E-state index contributed by atoms with van der Waals surface area (Å²) in [5.41, 5.74) is 0.528. The summed E-state index contributed by atoms with van der Waals surface area (Å²) in [5, 5.41) is 16.1. The fourth-order valence-corrected chi connectivity index (χ4v) is 4.82. The van der Waals surface area contributed by atoms with E-state index in [4.69, 9.17) is 4.74 Å². The van der Waals surface area contributed by atoms with Crippen LogP contribution in [0.15, 0.2) is 18.2 Å². The first kappa shape index (κ1) is 30.5. The summed E-state index contributed by atoms with van der Waals surface area (Å²) in [4.78, 5) is 42.2. The minimum Gasteiger partial charge on any atom is -0.508 e. The molecule has 3 amide bonds. The maximum atomic E-state index is 14.1. The summed E-state index contributed by atoms with van der Waals surface area (Å²) in [6.45, 7) is 14.8. The van der Waals surface area contributed by atoms with Gasteiger partial charge >= 0.3 is 6.09 Å². The molecule has 0 bridgehead atoms. The lowest BCUT2D eigenvalue weighted by Crippen LogP contribution is -2.56. The largest absolute Gasteiger partial charge is 0.508 e. The maximum Gasteiger partial charge on any atom is 0.408 e. The van der Waals surface area contributed by atoms with Gasteiger partial charge in [-0.3, -0.25) is 9.59 Å². The zero-order chi connectivity index (χ0) is 27.9. The van der Waals surface area contributed by atoms with Crippen LogP contribution in [0.25, 0.3) is 0 Å². The van der Waals surface area contributed by atoms with Crippen molar-refractivity contribution in [1.82, 2.24) is 15.5 Å². The smallest absolute Gasteiger partial charge is 0.408 e. The van der Waals surface area contributed by atoms with E-state index in [1.807, 2.05) is 27.7 Å². The summed E-state index contributed by atoms with van der Waals surface area (Å²) >= 11 is 0. The van der Waals surface area contributed by atoms with Crippen LogP contribution in [0.1, 0.15) is 104 Å². The van der Waals surface area contributed by atoms with Gasteiger partial charge in [0.2, 0.25) is 11.8 Å². The number of phenolic OH excluding ortho intramolecular Hbond substituents is 1. The van der Waals surface area contributed by atoms with Crippen molar-refractivity contribution in [3.63, 3.8) is 0 Å². The van der Waals surface area contributed by atoms with Crippen molar-refractivity contribution in [2.45, 2.75) is 124 Å². The Morgan fingerprint density at radius 1 is 1.08 bits per heavy atom. The molecule has 0 aromatic heterocycles. The lowest BCUT2D eigenvalue weighted by Gasteiger charge is -2.38. The average Bonchev–Trinajstić information content (AvgIpc) is 2.77. The molecule has 0 heterocycles. The van der Waals surface area contributed by atoms with Crippen LogP contribution in [0.3, 0.4) is 0 Å². The number of alkyl carbamates (subject to hydrolysis) is 1. The highest BCUT2D eigenvalue weighted by Gasteiger charge is 2.38. The standard InChI is InChI=1S/C29H47N3O5/c1-18(2)16-23(31-28(36)37-29(6,7)8)27(35)32(19(3)4)25(21-14-15-24(33)20(5)17-21)26(34)30-22-12-10-9-11-13-22/h14-15,17-19,22-23,25,33H,9-13,16H2,1-8H3,(H,30,34)(H,31,36). The molecule has 2 rings (SSSR count). The Hall–Kier alpha value is -2.77. The number of carbonyl (C=O) groups is 3. The Balaban J connectivity index is 2.47. The van der Waals surface area contributed by atoms with Gasteiger partial charge in [0, 0.05) is 12.1 Å². The van der Waals surface area contributed by atoms with Crippen LogP contribution in [-0.2, 0) is 14.3 Å². The molecule has 2 atom stereocenters. The van der Waals surface area contributed by atoms with Crippen LogP contribution in [0, 0.1) is 12.8 Å². The zero-order valence-corrected chi connectivity index (χ0v) is 23.9. The molecule has 2 unspecified atom stereocenters. The highest BCUT2D eigenvalue weighted by molar-refractivity contribution is 5.92. The van der Waals surface area contributed by atoms with E-state index in [0.717, 1.165) is 32.1 Å². The molecule has 37 heavy (non-hydrogen) atoms. The Morgan fingerprint density at radius 3 is 2.22 bits per heavy atom. The number of nitrogens with one attached hydrogen (secondary N) is 2. The molecular weight excluding hydrogens is 470 g/mol. The molecule has 1 fully saturated rings. The third-order valence-electron chi connectivity index (χ3n) is 6.52. The predicted molar refractivity (Wildman–Crippen MR) is 145 cm³/mol. The molecule has 208 valence electrons. The number of amides is 3. The van der Waals surface area contributed by atoms with Crippen LogP contribution >= 0.6 is 0 Å². The molecule has 1 aliphatic carbocycles. The van der Waals surface area contributed by atoms with Crippen molar-refractivity contribution in [3.8, 4) is 5.75 Å². The molecule has 0 spiro atoms. The number of nitrogens with zero attached hydrogens (tertiary/aromatic N) is 1. The van der Waals surface area contributed by atoms with Crippen molar-refractivity contribution in [3.05, 3.63) is 29.3 Å². The molecule has 0 aliphatic heterocycles. The maximum absolute atomic E-state index is 14.1. The van der Waals surface area contributed by atoms with Crippen molar-refractivity contribution in [1.29, 1.82) is 0 Å². The fourth-order valence-electron chi connectivity index (χ4n) is 4.82. The molecule has 0 saturated heterocycles. The van der Waals surface area contributed by atoms with Gasteiger partial charge in [-0.15, -0.1) is 0 Å². The summed E-state index contributed by atoms with van der Waals surface area (Å²) in [6, 6.07) is 2.95. The second kappa shape index (κ2) is 13.2. The van der Waals surface area contributed by atoms with E-state index in [1.165, 1.54) is 0 Å². The van der Waals surface area contributed by atoms with Gasteiger partial charge in [0.25, 0.3) is 0 Å². The van der Waals surface area contributed by atoms with Gasteiger partial charge in [-0.1, -0.05) is 39.2 Å². The lowest BCUT2D eigenvalue weighted by molar-refractivity contribution is -0.145. The number of ether oxygens (including phenoxy) is 1. The third-order valence-corrected chi connectivity index (χ3v) is 6.52. The first-order valence-corrected chi connectivity index (χ1v) is 13.6. The van der Waals surface area contributed by atoms with Gasteiger partial charge < -0.3 is 25.4 Å². The number of aryl methyl sites for hydroxylation is 1. The molecule has 8 heteroatoms. The normalized spacial score (nSPS) is 16.3. The quantitative estimate of drug-likeness (QED) is 0.408. The van der Waals surface area contributed by atoms with E-state index in [9.17, 15) is 19.5 Å². The van der Waals surface area contributed by atoms with Crippen LogP contribution < -0.4 is 10.6 Å². The van der Waals surface area contributed by atoms with Crippen LogP contribution in [0.5, 0.6) is 5.75 Å². The Labute approximate surface area is 222 Å². The lowest BCUT2D eigenvalue weighted by atomic mass is 9.93. The Morgan fingerprint density at radius 2 is 1.70 bits per heavy atom. The average molecular weight is 518 g/mol. The number of benzene rings is 1. The minimum absolute atomic E-state index is 0.0671. The molecular formula is C29H47N3O5. The second-order valence-electron chi connectivity index (χ2n) is 12.0. The van der Waals surface area contributed by atoms with Crippen LogP contribution in [0.2, 0.25) is 0 Å². The van der Waals surface area contributed by atoms with E-state index in [2.05, 4.69) is 10.6 Å². The van der Waals surface area contributed by atoms with Crippen LogP contribution in [0.4, 0.5) is 4.79 Å². The molecule has 1 saturated carbocycles. The van der Waals surface area contributed by atoms with E-state index >= 15 is 0 Å². The van der Waals surface area contributed by atoms with Gasteiger partial charge in [-0.25, -0.2) is 4.79 Å². The fraction of sp³-hybridized carbons (Fsp3) is 0.690. The van der Waals surface area contributed by atoms with Crippen molar-refractivity contribution in [2.24, 2.45) is 5.92 Å². The number of phenols is 1. The number of hydrogen-bond acceptors (Lipinski definition) is 5. The first-order chi connectivity index (χ1) is 17.2. The molecule has 3 N–H and O–H groups in total. The van der Waals surface area contributed by atoms with Crippen molar-refractivity contribution < 1.29 is 24.2 Å². The minimum atomic E-state index is -0.913. The molecule has 1 aromatic carbocycles. The number of aromatic hydroxyl groups is 1. The van der Waals surface area contributed by atoms with Gasteiger partial charge in [-0.05, 0) is 90.0 Å². The summed E-state index contributed by atoms with van der Waals surface area (Å²) in [7, 11) is 0. The molecule has 1 aromatic rings. The predicted octanol–water partition coefficient (Wildman–Crippen LogP) is 5.37. The summed E-state index contributed by atoms with van der Waals surface area (Å²) in [6.07, 6.45) is 4.86. The molecule has 0 radical (unpaired) electrons. The Kier molecular flexibility index (Phi) is 10.8. The number of hydrogen-bond donors (Lipinski definition) is 3. The topological polar surface area (TPSA) is 108 Å². The number of carbonyl (C=O) groups excluding carboxylic acids is 3. The molecule has 1 aliphatic rings. The van der Waals surface area contributed by atoms with Gasteiger partial charge in [0.1, 0.15) is 23.4 Å². The zero-order valence-electron chi connectivity index (χ0n) is 23.9. The van der Waals surface area contributed by atoms with Crippen LogP contribution in [-0.4, -0.2) is 51.6 Å². The van der Waals surface area contributed by atoms with E-state index < -0.39 is 23.8 Å². The highest BCUT2D eigenvalue weighted by Crippen LogP contribution is 2.30. The second-order valence-corrected chi connectivity index (χ2v) is 12.0. The van der Waals surface area contributed by atoms with Crippen molar-refractivity contribution >= 4 is 17.9 Å². The highest BCUT2D eigenvalue weighted by atomic mass is 16.6. The first-order valence-electron chi connectivity index (χ1n) is 13.6. The van der Waals surface area contributed by atoms with Crippen molar-refractivity contribution in [2.75, 3.05) is 0 Å². The summed E-state index contributed by atoms with van der Waals surface area (Å²) in [5.74, 6) is -0.353. The van der Waals surface area contributed by atoms with E-state index in [-0.39, 0.29) is 35.6 Å². The molecule has 8 nitrogen and oxygen atoms in total. The SMILES string of the molecule is Cc1cc(C(C(=O)NC2CCCCC2)N(C(=O)C(CC(C)C)NC(=O)OC(C)(C)C)C(C)C)ccc1O. The van der Waals surface area contributed by atoms with E-state index in [1.54, 1.807) is 50.8 Å². The number of rotatable bonds is 9.